The molecule has 108 valence electrons. The van der Waals surface area contributed by atoms with E-state index >= 15 is 0 Å². The fraction of sp³-hybridized carbons (Fsp3) is 0.429. The van der Waals surface area contributed by atoms with Crippen molar-refractivity contribution < 1.29 is 4.74 Å². The molecule has 0 radical (unpaired) electrons. The van der Waals surface area contributed by atoms with Crippen molar-refractivity contribution in [3.63, 3.8) is 0 Å². The maximum absolute atomic E-state index is 5.16. The molecule has 0 fully saturated rings. The molecule has 0 spiro atoms. The summed E-state index contributed by atoms with van der Waals surface area (Å²) in [6.07, 6.45) is 1.08. The van der Waals surface area contributed by atoms with Gasteiger partial charge >= 0.3 is 0 Å². The van der Waals surface area contributed by atoms with E-state index in [-0.39, 0.29) is 0 Å². The first-order valence-corrected chi connectivity index (χ1v) is 7.46. The maximum atomic E-state index is 5.16. The molecule has 5 nitrogen and oxygen atoms in total. The number of benzene rings is 1. The first-order valence-electron chi connectivity index (χ1n) is 6.64. The Morgan fingerprint density at radius 1 is 1.25 bits per heavy atom. The van der Waals surface area contributed by atoms with Crippen LogP contribution < -0.4 is 15.0 Å². The molecule has 0 aliphatic heterocycles. The summed E-state index contributed by atoms with van der Waals surface area (Å²) < 4.78 is 5.16. The van der Waals surface area contributed by atoms with E-state index in [9.17, 15) is 0 Å². The number of nitrogens with zero attached hydrogens (tertiary/aromatic N) is 3. The molecule has 0 aliphatic carbocycles. The Labute approximate surface area is 123 Å². The van der Waals surface area contributed by atoms with Gasteiger partial charge in [-0.25, -0.2) is 0 Å². The van der Waals surface area contributed by atoms with Crippen LogP contribution in [0.15, 0.2) is 24.3 Å². The molecule has 0 aliphatic rings. The molecule has 6 heteroatoms. The van der Waals surface area contributed by atoms with Gasteiger partial charge in [0, 0.05) is 19.3 Å². The number of rotatable bonds is 7. The third-order valence-electron chi connectivity index (χ3n) is 2.88. The smallest absolute Gasteiger partial charge is 0.205 e. The number of methoxy groups -OCH3 is 1. The Morgan fingerprint density at radius 2 is 2.00 bits per heavy atom. The lowest BCUT2D eigenvalue weighted by atomic mass is 10.3. The summed E-state index contributed by atoms with van der Waals surface area (Å²) in [6.45, 7) is 3.81. The van der Waals surface area contributed by atoms with Crippen LogP contribution in [0.2, 0.25) is 0 Å². The second-order valence-electron chi connectivity index (χ2n) is 4.48. The highest BCUT2D eigenvalue weighted by Crippen LogP contribution is 2.22. The minimum Gasteiger partial charge on any atom is -0.497 e. The minimum atomic E-state index is 0.748. The van der Waals surface area contributed by atoms with E-state index in [0.29, 0.717) is 0 Å². The Morgan fingerprint density at radius 3 is 2.65 bits per heavy atom. The first-order chi connectivity index (χ1) is 9.72. The van der Waals surface area contributed by atoms with Gasteiger partial charge in [-0.1, -0.05) is 18.3 Å². The number of hydrogen-bond donors (Lipinski definition) is 1. The Balaban J connectivity index is 1.95. The maximum Gasteiger partial charge on any atom is 0.205 e. The van der Waals surface area contributed by atoms with Gasteiger partial charge < -0.3 is 15.0 Å². The van der Waals surface area contributed by atoms with Crippen molar-refractivity contribution in [1.82, 2.24) is 10.2 Å². The van der Waals surface area contributed by atoms with Crippen LogP contribution in [-0.4, -0.2) is 30.9 Å². The molecule has 1 heterocycles. The van der Waals surface area contributed by atoms with Crippen LogP contribution in [0.1, 0.15) is 18.4 Å². The van der Waals surface area contributed by atoms with Gasteiger partial charge in [0.1, 0.15) is 10.8 Å². The zero-order chi connectivity index (χ0) is 14.4. The lowest BCUT2D eigenvalue weighted by molar-refractivity contribution is 0.415. The Bertz CT molecular complexity index is 526. The Hall–Kier alpha value is -1.82. The lowest BCUT2D eigenvalue weighted by Gasteiger charge is -2.17. The van der Waals surface area contributed by atoms with E-state index in [4.69, 9.17) is 4.74 Å². The van der Waals surface area contributed by atoms with E-state index in [2.05, 4.69) is 27.3 Å². The summed E-state index contributed by atoms with van der Waals surface area (Å²) in [4.78, 5) is 2.14. The molecule has 1 aromatic heterocycles. The van der Waals surface area contributed by atoms with Crippen LogP contribution in [0.4, 0.5) is 10.8 Å². The van der Waals surface area contributed by atoms with Gasteiger partial charge in [0.2, 0.25) is 5.13 Å². The van der Waals surface area contributed by atoms with Crippen molar-refractivity contribution in [1.29, 1.82) is 0 Å². The topological polar surface area (TPSA) is 50.3 Å². The van der Waals surface area contributed by atoms with E-state index in [1.165, 1.54) is 0 Å². The number of aromatic nitrogens is 2. The monoisotopic (exact) mass is 292 g/mol. The van der Waals surface area contributed by atoms with Crippen LogP contribution in [0.25, 0.3) is 0 Å². The summed E-state index contributed by atoms with van der Waals surface area (Å²) in [5, 5.41) is 13.5. The average molecular weight is 292 g/mol. The summed E-state index contributed by atoms with van der Waals surface area (Å²) in [6, 6.07) is 7.99. The second kappa shape index (κ2) is 7.09. The van der Waals surface area contributed by atoms with E-state index in [1.807, 2.05) is 31.3 Å². The summed E-state index contributed by atoms with van der Waals surface area (Å²) in [5.74, 6) is 0.865. The normalized spacial score (nSPS) is 10.3. The number of nitrogens with one attached hydrogen (secondary N) is 1. The second-order valence-corrected chi connectivity index (χ2v) is 5.54. The molecule has 2 rings (SSSR count). The third kappa shape index (κ3) is 3.84. The molecule has 1 N–H and O–H groups in total. The van der Waals surface area contributed by atoms with Gasteiger partial charge in [0.05, 0.1) is 13.7 Å². The van der Waals surface area contributed by atoms with Crippen molar-refractivity contribution in [2.75, 3.05) is 30.9 Å². The molecule has 0 saturated carbocycles. The van der Waals surface area contributed by atoms with Gasteiger partial charge in [-0.05, 0) is 30.7 Å². The minimum absolute atomic E-state index is 0.748. The van der Waals surface area contributed by atoms with Gasteiger partial charge in [-0.15, -0.1) is 10.2 Å². The van der Waals surface area contributed by atoms with Gasteiger partial charge in [-0.2, -0.15) is 0 Å². The van der Waals surface area contributed by atoms with Crippen molar-refractivity contribution in [3.05, 3.63) is 29.3 Å². The molecular formula is C14H20N4OS. The zero-order valence-corrected chi connectivity index (χ0v) is 12.9. The standard InChI is InChI=1S/C14H20N4OS/c1-4-9-15-14-17-16-13(20-14)10-18(2)11-5-7-12(19-3)8-6-11/h5-8H,4,9-10H2,1-3H3,(H,15,17). The number of hydrogen-bond acceptors (Lipinski definition) is 6. The predicted molar refractivity (Wildman–Crippen MR) is 83.8 cm³/mol. The SMILES string of the molecule is CCCNc1nnc(CN(C)c2ccc(OC)cc2)s1. The van der Waals surface area contributed by atoms with Gasteiger partial charge in [-0.3, -0.25) is 0 Å². The lowest BCUT2D eigenvalue weighted by Crippen LogP contribution is -2.16. The van der Waals surface area contributed by atoms with Crippen LogP contribution in [0, 0.1) is 0 Å². The van der Waals surface area contributed by atoms with Crippen molar-refractivity contribution in [3.8, 4) is 5.75 Å². The fourth-order valence-electron chi connectivity index (χ4n) is 1.75. The quantitative estimate of drug-likeness (QED) is 0.850. The van der Waals surface area contributed by atoms with Gasteiger partial charge in [0.25, 0.3) is 0 Å². The van der Waals surface area contributed by atoms with Crippen molar-refractivity contribution in [2.45, 2.75) is 19.9 Å². The predicted octanol–water partition coefficient (Wildman–Crippen LogP) is 3.01. The summed E-state index contributed by atoms with van der Waals surface area (Å²) >= 11 is 1.60. The highest BCUT2D eigenvalue weighted by molar-refractivity contribution is 7.15. The van der Waals surface area contributed by atoms with Crippen LogP contribution >= 0.6 is 11.3 Å². The molecule has 0 unspecified atom stereocenters. The molecular weight excluding hydrogens is 272 g/mol. The molecule has 0 amide bonds. The van der Waals surface area contributed by atoms with Crippen LogP contribution in [0.5, 0.6) is 5.75 Å². The molecule has 1 aromatic carbocycles. The summed E-state index contributed by atoms with van der Waals surface area (Å²) in [7, 11) is 3.72. The van der Waals surface area contributed by atoms with Crippen LogP contribution in [0.3, 0.4) is 0 Å². The van der Waals surface area contributed by atoms with E-state index < -0.39 is 0 Å². The summed E-state index contributed by atoms with van der Waals surface area (Å²) in [5.41, 5.74) is 1.13. The van der Waals surface area contributed by atoms with Gasteiger partial charge in [0.15, 0.2) is 0 Å². The fourth-order valence-corrected chi connectivity index (χ4v) is 2.57. The molecule has 20 heavy (non-hydrogen) atoms. The Kier molecular flexibility index (Phi) is 5.17. The average Bonchev–Trinajstić information content (AvgIpc) is 2.92. The molecule has 2 aromatic rings. The zero-order valence-electron chi connectivity index (χ0n) is 12.1. The number of anilines is 2. The van der Waals surface area contributed by atoms with Crippen molar-refractivity contribution in [2.24, 2.45) is 0 Å². The molecule has 0 atom stereocenters. The largest absolute Gasteiger partial charge is 0.497 e. The molecule has 0 bridgehead atoms. The molecule has 0 saturated heterocycles. The van der Waals surface area contributed by atoms with Crippen molar-refractivity contribution >= 4 is 22.2 Å². The van der Waals surface area contributed by atoms with E-state index in [0.717, 1.165) is 41.1 Å². The number of ether oxygens (including phenoxy) is 1. The van der Waals surface area contributed by atoms with E-state index in [1.54, 1.807) is 18.4 Å². The third-order valence-corrected chi connectivity index (χ3v) is 3.74. The highest BCUT2D eigenvalue weighted by Gasteiger charge is 2.07. The first kappa shape index (κ1) is 14.6. The van der Waals surface area contributed by atoms with Crippen LogP contribution in [-0.2, 0) is 6.54 Å². The highest BCUT2D eigenvalue weighted by atomic mass is 32.1.